The first-order valence-corrected chi connectivity index (χ1v) is 5.33. The lowest BCUT2D eigenvalue weighted by molar-refractivity contribution is -0.118. The fourth-order valence-corrected chi connectivity index (χ4v) is 1.23. The van der Waals surface area contributed by atoms with Gasteiger partial charge in [-0.3, -0.25) is 4.79 Å². The predicted octanol–water partition coefficient (Wildman–Crippen LogP) is -0.663. The molecule has 0 saturated carbocycles. The van der Waals surface area contributed by atoms with E-state index >= 15 is 0 Å². The van der Waals surface area contributed by atoms with Crippen LogP contribution in [0.5, 0.6) is 0 Å². The molecule has 0 rings (SSSR count). The van der Waals surface area contributed by atoms with E-state index in [-0.39, 0.29) is 18.0 Å². The monoisotopic (exact) mass is 179 g/mol. The molecule has 0 bridgehead atoms. The van der Waals surface area contributed by atoms with Crippen molar-refractivity contribution in [3.8, 4) is 0 Å². The van der Waals surface area contributed by atoms with Crippen LogP contribution in [0.15, 0.2) is 0 Å². The number of carbonyl (C=O) groups excluding carboxylic acids is 1. The number of carbonyl (C=O) groups is 1. The number of Topliss-reactive ketones (excluding diaryl/α,β-unsaturated/α-hetero) is 1. The Hall–Kier alpha value is -0.420. The molecular weight excluding hydrogens is 166 g/mol. The third-order valence-electron chi connectivity index (χ3n) is 1.32. The molecule has 0 amide bonds. The van der Waals surface area contributed by atoms with Gasteiger partial charge in [-0.25, -0.2) is 8.42 Å². The average Bonchev–Trinajstić information content (AvgIpc) is 1.80. The largest absolute Gasteiger partial charge is 0.321 e. The third-order valence-corrected chi connectivity index (χ3v) is 2.30. The molecule has 0 spiro atoms. The van der Waals surface area contributed by atoms with Crippen molar-refractivity contribution in [3.05, 3.63) is 0 Å². The van der Waals surface area contributed by atoms with Crippen molar-refractivity contribution in [1.29, 1.82) is 0 Å². The molecule has 2 N–H and O–H groups in total. The van der Waals surface area contributed by atoms with Crippen LogP contribution in [0.2, 0.25) is 0 Å². The Bertz CT molecular complexity index is 232. The number of ketones is 1. The molecular formula is C6H13NO3S. The minimum atomic E-state index is -2.98. The second kappa shape index (κ2) is 3.82. The van der Waals surface area contributed by atoms with E-state index < -0.39 is 15.9 Å². The number of sulfone groups is 1. The second-order valence-electron chi connectivity index (χ2n) is 2.64. The van der Waals surface area contributed by atoms with Gasteiger partial charge in [-0.2, -0.15) is 0 Å². The molecule has 0 aromatic rings. The van der Waals surface area contributed by atoms with Crippen molar-refractivity contribution >= 4 is 15.6 Å². The van der Waals surface area contributed by atoms with Gasteiger partial charge in [0.2, 0.25) is 0 Å². The van der Waals surface area contributed by atoms with Crippen LogP contribution in [0.25, 0.3) is 0 Å². The molecule has 0 saturated heterocycles. The SMILES string of the molecule is CC(=O)[C@@H](N)CCS(C)(=O)=O. The standard InChI is InChI=1S/C6H13NO3S/c1-5(8)6(7)3-4-11(2,9)10/h6H,3-4,7H2,1-2H3/t6-/m0/s1. The summed E-state index contributed by atoms with van der Waals surface area (Å²) in [6.45, 7) is 1.35. The van der Waals surface area contributed by atoms with Crippen LogP contribution in [0, 0.1) is 0 Å². The van der Waals surface area contributed by atoms with E-state index in [2.05, 4.69) is 0 Å². The summed E-state index contributed by atoms with van der Waals surface area (Å²) >= 11 is 0. The molecule has 11 heavy (non-hydrogen) atoms. The Morgan fingerprint density at radius 1 is 1.55 bits per heavy atom. The highest BCUT2D eigenvalue weighted by Crippen LogP contribution is 1.94. The van der Waals surface area contributed by atoms with Gasteiger partial charge in [0.1, 0.15) is 15.6 Å². The van der Waals surface area contributed by atoms with Gasteiger partial charge in [-0.1, -0.05) is 0 Å². The molecule has 0 aliphatic rings. The lowest BCUT2D eigenvalue weighted by Gasteiger charge is -2.04. The van der Waals surface area contributed by atoms with Gasteiger partial charge in [0.25, 0.3) is 0 Å². The highest BCUT2D eigenvalue weighted by Gasteiger charge is 2.11. The maximum absolute atomic E-state index is 10.6. The molecule has 5 heteroatoms. The molecule has 0 aliphatic carbocycles. The van der Waals surface area contributed by atoms with Crippen molar-refractivity contribution in [1.82, 2.24) is 0 Å². The van der Waals surface area contributed by atoms with E-state index in [1.165, 1.54) is 6.92 Å². The van der Waals surface area contributed by atoms with Crippen LogP contribution in [0.3, 0.4) is 0 Å². The molecule has 66 valence electrons. The normalized spacial score (nSPS) is 14.5. The van der Waals surface area contributed by atoms with Gasteiger partial charge < -0.3 is 5.73 Å². The first-order chi connectivity index (χ1) is 4.83. The first kappa shape index (κ1) is 10.6. The predicted molar refractivity (Wildman–Crippen MR) is 43.0 cm³/mol. The van der Waals surface area contributed by atoms with Gasteiger partial charge in [0, 0.05) is 6.26 Å². The highest BCUT2D eigenvalue weighted by molar-refractivity contribution is 7.90. The van der Waals surface area contributed by atoms with Crippen LogP contribution in [0.4, 0.5) is 0 Å². The van der Waals surface area contributed by atoms with Crippen LogP contribution in [-0.4, -0.2) is 32.3 Å². The minimum Gasteiger partial charge on any atom is -0.321 e. The van der Waals surface area contributed by atoms with Crippen molar-refractivity contribution < 1.29 is 13.2 Å². The zero-order valence-electron chi connectivity index (χ0n) is 6.70. The van der Waals surface area contributed by atoms with E-state index in [0.29, 0.717) is 0 Å². The van der Waals surface area contributed by atoms with E-state index in [9.17, 15) is 13.2 Å². The third kappa shape index (κ3) is 6.00. The van der Waals surface area contributed by atoms with Crippen LogP contribution in [-0.2, 0) is 14.6 Å². The molecule has 0 aromatic carbocycles. The van der Waals surface area contributed by atoms with E-state index in [4.69, 9.17) is 5.73 Å². The van der Waals surface area contributed by atoms with Crippen molar-refractivity contribution in [2.45, 2.75) is 19.4 Å². The second-order valence-corrected chi connectivity index (χ2v) is 4.90. The lowest BCUT2D eigenvalue weighted by Crippen LogP contribution is -2.30. The van der Waals surface area contributed by atoms with Gasteiger partial charge in [-0.05, 0) is 13.3 Å². The van der Waals surface area contributed by atoms with Crippen molar-refractivity contribution in [2.24, 2.45) is 5.73 Å². The summed E-state index contributed by atoms with van der Waals surface area (Å²) in [7, 11) is -2.98. The Morgan fingerprint density at radius 3 is 2.27 bits per heavy atom. The van der Waals surface area contributed by atoms with Crippen molar-refractivity contribution in [3.63, 3.8) is 0 Å². The van der Waals surface area contributed by atoms with Gasteiger partial charge >= 0.3 is 0 Å². The molecule has 0 unspecified atom stereocenters. The van der Waals surface area contributed by atoms with E-state index in [1.54, 1.807) is 0 Å². The molecule has 0 aliphatic heterocycles. The minimum absolute atomic E-state index is 0.0201. The molecule has 0 radical (unpaired) electrons. The summed E-state index contributed by atoms with van der Waals surface area (Å²) in [5, 5.41) is 0. The summed E-state index contributed by atoms with van der Waals surface area (Å²) in [5.74, 6) is -0.193. The Morgan fingerprint density at radius 2 is 2.00 bits per heavy atom. The maximum Gasteiger partial charge on any atom is 0.147 e. The molecule has 0 aromatic heterocycles. The number of nitrogens with two attached hydrogens (primary N) is 1. The zero-order chi connectivity index (χ0) is 9.07. The van der Waals surface area contributed by atoms with Gasteiger partial charge in [-0.15, -0.1) is 0 Å². The highest BCUT2D eigenvalue weighted by atomic mass is 32.2. The van der Waals surface area contributed by atoms with E-state index in [1.807, 2.05) is 0 Å². The summed E-state index contributed by atoms with van der Waals surface area (Å²) < 4.78 is 21.2. The summed E-state index contributed by atoms with van der Waals surface area (Å²) in [6.07, 6.45) is 1.34. The molecule has 1 atom stereocenters. The molecule has 4 nitrogen and oxygen atoms in total. The summed E-state index contributed by atoms with van der Waals surface area (Å²) in [6, 6.07) is -0.635. The van der Waals surface area contributed by atoms with Gasteiger partial charge in [0.15, 0.2) is 0 Å². The summed E-state index contributed by atoms with van der Waals surface area (Å²) in [5.41, 5.74) is 5.31. The summed E-state index contributed by atoms with van der Waals surface area (Å²) in [4.78, 5) is 10.5. The van der Waals surface area contributed by atoms with Crippen LogP contribution < -0.4 is 5.73 Å². The number of hydrogen-bond acceptors (Lipinski definition) is 4. The maximum atomic E-state index is 10.6. The number of rotatable bonds is 4. The fraction of sp³-hybridized carbons (Fsp3) is 0.833. The molecule has 0 fully saturated rings. The smallest absolute Gasteiger partial charge is 0.147 e. The fourth-order valence-electron chi connectivity index (χ4n) is 0.544. The van der Waals surface area contributed by atoms with Crippen LogP contribution >= 0.6 is 0 Å². The first-order valence-electron chi connectivity index (χ1n) is 3.26. The number of hydrogen-bond donors (Lipinski definition) is 1. The quantitative estimate of drug-likeness (QED) is 0.621. The topological polar surface area (TPSA) is 77.2 Å². The Balaban J connectivity index is 3.82. The zero-order valence-corrected chi connectivity index (χ0v) is 7.52. The molecule has 0 heterocycles. The Kier molecular flexibility index (Phi) is 3.68. The van der Waals surface area contributed by atoms with Crippen LogP contribution in [0.1, 0.15) is 13.3 Å². The lowest BCUT2D eigenvalue weighted by atomic mass is 10.2. The van der Waals surface area contributed by atoms with E-state index in [0.717, 1.165) is 6.26 Å². The average molecular weight is 179 g/mol. The Labute approximate surface area is 66.7 Å². The van der Waals surface area contributed by atoms with Gasteiger partial charge in [0.05, 0.1) is 11.8 Å². The van der Waals surface area contributed by atoms with Crippen molar-refractivity contribution in [2.75, 3.05) is 12.0 Å².